The summed E-state index contributed by atoms with van der Waals surface area (Å²) in [6.45, 7) is 4.06. The SMILES string of the molecule is CC(C)Nc1ccc(NC(=O)CN)nc1. The van der Waals surface area contributed by atoms with Crippen molar-refractivity contribution in [2.45, 2.75) is 19.9 Å². The lowest BCUT2D eigenvalue weighted by Crippen LogP contribution is -2.22. The fraction of sp³-hybridized carbons (Fsp3) is 0.400. The van der Waals surface area contributed by atoms with Gasteiger partial charge in [-0.3, -0.25) is 4.79 Å². The van der Waals surface area contributed by atoms with Crippen LogP contribution in [0, 0.1) is 0 Å². The van der Waals surface area contributed by atoms with Crippen LogP contribution in [0.3, 0.4) is 0 Å². The number of rotatable bonds is 4. The van der Waals surface area contributed by atoms with Gasteiger partial charge in [-0.25, -0.2) is 4.98 Å². The average molecular weight is 208 g/mol. The third kappa shape index (κ3) is 3.95. The van der Waals surface area contributed by atoms with Gasteiger partial charge in [0.2, 0.25) is 5.91 Å². The highest BCUT2D eigenvalue weighted by Gasteiger charge is 2.00. The summed E-state index contributed by atoms with van der Waals surface area (Å²) in [5.74, 6) is 0.270. The van der Waals surface area contributed by atoms with Crippen molar-refractivity contribution in [1.82, 2.24) is 4.98 Å². The first kappa shape index (κ1) is 11.5. The molecule has 1 rings (SSSR count). The van der Waals surface area contributed by atoms with E-state index in [1.54, 1.807) is 12.3 Å². The number of anilines is 2. The number of pyridine rings is 1. The molecule has 0 fully saturated rings. The molecular formula is C10H16N4O. The summed E-state index contributed by atoms with van der Waals surface area (Å²) in [4.78, 5) is 15.0. The molecule has 82 valence electrons. The summed E-state index contributed by atoms with van der Waals surface area (Å²) in [5.41, 5.74) is 6.09. The predicted molar refractivity (Wildman–Crippen MR) is 60.7 cm³/mol. The Kier molecular flexibility index (Phi) is 4.05. The van der Waals surface area contributed by atoms with E-state index in [9.17, 15) is 4.79 Å². The van der Waals surface area contributed by atoms with Gasteiger partial charge >= 0.3 is 0 Å². The lowest BCUT2D eigenvalue weighted by molar-refractivity contribution is -0.114. The molecule has 1 amide bonds. The van der Waals surface area contributed by atoms with Crippen LogP contribution >= 0.6 is 0 Å². The van der Waals surface area contributed by atoms with Gasteiger partial charge in [0.15, 0.2) is 0 Å². The van der Waals surface area contributed by atoms with Crippen LogP contribution in [0.2, 0.25) is 0 Å². The first-order valence-corrected chi connectivity index (χ1v) is 4.84. The van der Waals surface area contributed by atoms with Crippen molar-refractivity contribution in [3.05, 3.63) is 18.3 Å². The predicted octanol–water partition coefficient (Wildman–Crippen LogP) is 0.799. The van der Waals surface area contributed by atoms with Crippen molar-refractivity contribution < 1.29 is 4.79 Å². The maximum Gasteiger partial charge on any atom is 0.239 e. The minimum atomic E-state index is -0.243. The number of amides is 1. The zero-order valence-corrected chi connectivity index (χ0v) is 8.95. The minimum Gasteiger partial charge on any atom is -0.382 e. The zero-order chi connectivity index (χ0) is 11.3. The summed E-state index contributed by atoms with van der Waals surface area (Å²) in [6.07, 6.45) is 1.67. The summed E-state index contributed by atoms with van der Waals surface area (Å²) < 4.78 is 0. The summed E-state index contributed by atoms with van der Waals surface area (Å²) in [6, 6.07) is 3.95. The Morgan fingerprint density at radius 2 is 2.27 bits per heavy atom. The molecule has 0 unspecified atom stereocenters. The lowest BCUT2D eigenvalue weighted by atomic mass is 10.3. The molecule has 4 N–H and O–H groups in total. The Hall–Kier alpha value is -1.62. The van der Waals surface area contributed by atoms with E-state index in [0.717, 1.165) is 5.69 Å². The fourth-order valence-corrected chi connectivity index (χ4v) is 1.08. The molecule has 0 saturated heterocycles. The van der Waals surface area contributed by atoms with Gasteiger partial charge in [-0.05, 0) is 26.0 Å². The number of hydrogen-bond donors (Lipinski definition) is 3. The Balaban J connectivity index is 2.60. The molecule has 0 aliphatic carbocycles. The highest BCUT2D eigenvalue weighted by Crippen LogP contribution is 2.10. The molecule has 0 aliphatic heterocycles. The maximum atomic E-state index is 11.0. The van der Waals surface area contributed by atoms with Crippen LogP contribution in [-0.2, 0) is 4.79 Å². The number of nitrogens with one attached hydrogen (secondary N) is 2. The van der Waals surface area contributed by atoms with Crippen molar-refractivity contribution in [3.8, 4) is 0 Å². The molecule has 1 aromatic heterocycles. The first-order valence-electron chi connectivity index (χ1n) is 4.84. The molecule has 0 saturated carbocycles. The van der Waals surface area contributed by atoms with Gasteiger partial charge < -0.3 is 16.4 Å². The second kappa shape index (κ2) is 5.31. The average Bonchev–Trinajstić information content (AvgIpc) is 2.20. The third-order valence-corrected chi connectivity index (χ3v) is 1.67. The number of nitrogens with zero attached hydrogens (tertiary/aromatic N) is 1. The minimum absolute atomic E-state index is 0.0341. The summed E-state index contributed by atoms with van der Waals surface area (Å²) in [5, 5.41) is 5.77. The van der Waals surface area contributed by atoms with E-state index in [-0.39, 0.29) is 12.5 Å². The molecule has 1 aromatic rings. The van der Waals surface area contributed by atoms with Crippen LogP contribution in [0.4, 0.5) is 11.5 Å². The number of hydrogen-bond acceptors (Lipinski definition) is 4. The van der Waals surface area contributed by atoms with Crippen molar-refractivity contribution in [3.63, 3.8) is 0 Å². The smallest absolute Gasteiger partial charge is 0.239 e. The molecule has 1 heterocycles. The summed E-state index contributed by atoms with van der Waals surface area (Å²) >= 11 is 0. The molecule has 0 spiro atoms. The number of carbonyl (C=O) groups is 1. The topological polar surface area (TPSA) is 80.0 Å². The lowest BCUT2D eigenvalue weighted by Gasteiger charge is -2.09. The van der Waals surface area contributed by atoms with E-state index in [4.69, 9.17) is 5.73 Å². The van der Waals surface area contributed by atoms with Crippen LogP contribution in [0.1, 0.15) is 13.8 Å². The Labute approximate surface area is 89.1 Å². The second-order valence-corrected chi connectivity index (χ2v) is 3.48. The largest absolute Gasteiger partial charge is 0.382 e. The Morgan fingerprint density at radius 1 is 1.53 bits per heavy atom. The molecular weight excluding hydrogens is 192 g/mol. The number of aromatic nitrogens is 1. The van der Waals surface area contributed by atoms with Gasteiger partial charge in [-0.1, -0.05) is 0 Å². The molecule has 0 atom stereocenters. The van der Waals surface area contributed by atoms with Crippen LogP contribution in [0.15, 0.2) is 18.3 Å². The standard InChI is InChI=1S/C10H16N4O/c1-7(2)13-8-3-4-9(12-6-8)14-10(15)5-11/h3-4,6-7,13H,5,11H2,1-2H3,(H,12,14,15). The number of nitrogens with two attached hydrogens (primary N) is 1. The van der Waals surface area contributed by atoms with Crippen LogP contribution in [0.25, 0.3) is 0 Å². The Bertz CT molecular complexity index is 321. The van der Waals surface area contributed by atoms with Crippen LogP contribution < -0.4 is 16.4 Å². The van der Waals surface area contributed by atoms with Crippen LogP contribution in [0.5, 0.6) is 0 Å². The van der Waals surface area contributed by atoms with E-state index >= 15 is 0 Å². The maximum absolute atomic E-state index is 11.0. The van der Waals surface area contributed by atoms with Gasteiger partial charge in [-0.2, -0.15) is 0 Å². The van der Waals surface area contributed by atoms with Crippen molar-refractivity contribution in [2.24, 2.45) is 5.73 Å². The molecule has 5 nitrogen and oxygen atoms in total. The summed E-state index contributed by atoms with van der Waals surface area (Å²) in [7, 11) is 0. The van der Waals surface area contributed by atoms with E-state index in [1.807, 2.05) is 19.9 Å². The van der Waals surface area contributed by atoms with E-state index in [2.05, 4.69) is 15.6 Å². The second-order valence-electron chi connectivity index (χ2n) is 3.48. The van der Waals surface area contributed by atoms with Gasteiger partial charge in [0.05, 0.1) is 18.4 Å². The van der Waals surface area contributed by atoms with Crippen LogP contribution in [-0.4, -0.2) is 23.5 Å². The van der Waals surface area contributed by atoms with Gasteiger partial charge in [0.25, 0.3) is 0 Å². The van der Waals surface area contributed by atoms with Gasteiger partial charge in [0.1, 0.15) is 5.82 Å². The normalized spacial score (nSPS) is 10.1. The van der Waals surface area contributed by atoms with Gasteiger partial charge in [-0.15, -0.1) is 0 Å². The van der Waals surface area contributed by atoms with E-state index in [0.29, 0.717) is 11.9 Å². The van der Waals surface area contributed by atoms with Crippen molar-refractivity contribution in [1.29, 1.82) is 0 Å². The monoisotopic (exact) mass is 208 g/mol. The molecule has 0 aliphatic rings. The van der Waals surface area contributed by atoms with Crippen molar-refractivity contribution in [2.75, 3.05) is 17.2 Å². The number of carbonyl (C=O) groups excluding carboxylic acids is 1. The molecule has 0 bridgehead atoms. The third-order valence-electron chi connectivity index (χ3n) is 1.67. The molecule has 5 heteroatoms. The Morgan fingerprint density at radius 3 is 2.73 bits per heavy atom. The van der Waals surface area contributed by atoms with Gasteiger partial charge in [0, 0.05) is 6.04 Å². The molecule has 0 aromatic carbocycles. The fourth-order valence-electron chi connectivity index (χ4n) is 1.08. The first-order chi connectivity index (χ1) is 7.11. The highest BCUT2D eigenvalue weighted by molar-refractivity contribution is 5.91. The quantitative estimate of drug-likeness (QED) is 0.683. The zero-order valence-electron chi connectivity index (χ0n) is 8.95. The molecule has 15 heavy (non-hydrogen) atoms. The van der Waals surface area contributed by atoms with E-state index in [1.165, 1.54) is 0 Å². The van der Waals surface area contributed by atoms with Crippen molar-refractivity contribution >= 4 is 17.4 Å². The van der Waals surface area contributed by atoms with E-state index < -0.39 is 0 Å². The molecule has 0 radical (unpaired) electrons. The highest BCUT2D eigenvalue weighted by atomic mass is 16.1.